The minimum Gasteiger partial charge on any atom is -0.367 e. The van der Waals surface area contributed by atoms with Crippen molar-refractivity contribution in [2.45, 2.75) is 13.8 Å². The van der Waals surface area contributed by atoms with Crippen LogP contribution >= 0.6 is 15.9 Å². The van der Waals surface area contributed by atoms with Crippen LogP contribution < -0.4 is 5.73 Å². The quantitative estimate of drug-likeness (QED) is 0.873. The molecular formula is C11H10BrFN2O. The molecule has 2 rings (SSSR count). The Balaban J connectivity index is 2.79. The molecule has 2 N–H and O–H groups in total. The summed E-state index contributed by atoms with van der Waals surface area (Å²) in [5, 5.41) is 3.60. The normalized spacial score (nSPS) is 10.8. The topological polar surface area (TPSA) is 52.0 Å². The summed E-state index contributed by atoms with van der Waals surface area (Å²) in [4.78, 5) is 0. The summed E-state index contributed by atoms with van der Waals surface area (Å²) in [5.41, 5.74) is 8.74. The molecule has 5 heteroatoms. The van der Waals surface area contributed by atoms with E-state index in [4.69, 9.17) is 10.3 Å². The number of nitrogens with zero attached hydrogens (tertiary/aromatic N) is 1. The van der Waals surface area contributed by atoms with E-state index >= 15 is 0 Å². The van der Waals surface area contributed by atoms with Crippen LogP contribution in [0.15, 0.2) is 21.3 Å². The van der Waals surface area contributed by atoms with Crippen molar-refractivity contribution in [2.75, 3.05) is 5.73 Å². The van der Waals surface area contributed by atoms with Crippen LogP contribution in [0.25, 0.3) is 11.1 Å². The Bertz CT molecular complexity index is 525. The van der Waals surface area contributed by atoms with E-state index in [0.29, 0.717) is 15.6 Å². The van der Waals surface area contributed by atoms with Gasteiger partial charge in [-0.15, -0.1) is 0 Å². The largest absolute Gasteiger partial charge is 0.367 e. The van der Waals surface area contributed by atoms with Crippen molar-refractivity contribution in [3.63, 3.8) is 0 Å². The van der Waals surface area contributed by atoms with E-state index in [0.717, 1.165) is 11.1 Å². The second-order valence-corrected chi connectivity index (χ2v) is 4.39. The third kappa shape index (κ3) is 1.61. The van der Waals surface area contributed by atoms with Crippen molar-refractivity contribution in [2.24, 2.45) is 0 Å². The Morgan fingerprint density at radius 1 is 1.44 bits per heavy atom. The maximum Gasteiger partial charge on any atom is 0.230 e. The number of rotatable bonds is 1. The highest BCUT2D eigenvalue weighted by Crippen LogP contribution is 2.37. The monoisotopic (exact) mass is 284 g/mol. The molecule has 0 atom stereocenters. The molecule has 1 aromatic heterocycles. The van der Waals surface area contributed by atoms with Crippen molar-refractivity contribution in [1.82, 2.24) is 5.16 Å². The van der Waals surface area contributed by atoms with Crippen molar-refractivity contribution in [3.8, 4) is 11.1 Å². The number of nitrogens with two attached hydrogens (primary N) is 1. The van der Waals surface area contributed by atoms with E-state index in [-0.39, 0.29) is 11.7 Å². The van der Waals surface area contributed by atoms with Crippen LogP contribution in [0.4, 0.5) is 10.3 Å². The zero-order valence-electron chi connectivity index (χ0n) is 8.84. The van der Waals surface area contributed by atoms with Crippen LogP contribution in [0.2, 0.25) is 0 Å². The smallest absolute Gasteiger partial charge is 0.230 e. The number of hydrogen-bond acceptors (Lipinski definition) is 3. The van der Waals surface area contributed by atoms with Gasteiger partial charge in [-0.05, 0) is 47.0 Å². The summed E-state index contributed by atoms with van der Waals surface area (Å²) in [6.07, 6.45) is 1.49. The van der Waals surface area contributed by atoms with E-state index in [9.17, 15) is 4.39 Å². The molecule has 0 unspecified atom stereocenters. The molecule has 16 heavy (non-hydrogen) atoms. The van der Waals surface area contributed by atoms with Crippen molar-refractivity contribution >= 4 is 21.8 Å². The summed E-state index contributed by atoms with van der Waals surface area (Å²) < 4.78 is 18.8. The molecule has 0 bridgehead atoms. The van der Waals surface area contributed by atoms with Crippen LogP contribution in [-0.4, -0.2) is 5.16 Å². The van der Waals surface area contributed by atoms with E-state index < -0.39 is 0 Å². The lowest BCUT2D eigenvalue weighted by molar-refractivity contribution is 0.436. The number of aryl methyl sites for hydroxylation is 1. The molecule has 1 aromatic carbocycles. The predicted octanol–water partition coefficient (Wildman–Crippen LogP) is 3.44. The Morgan fingerprint density at radius 3 is 2.69 bits per heavy atom. The van der Waals surface area contributed by atoms with E-state index in [1.165, 1.54) is 12.3 Å². The number of nitrogen functional groups attached to an aromatic ring is 1. The Kier molecular flexibility index (Phi) is 2.71. The van der Waals surface area contributed by atoms with Gasteiger partial charge in [0, 0.05) is 5.56 Å². The van der Waals surface area contributed by atoms with E-state index in [1.54, 1.807) is 0 Å². The molecule has 1 heterocycles. The van der Waals surface area contributed by atoms with Crippen molar-refractivity contribution < 1.29 is 8.91 Å². The molecule has 0 amide bonds. The van der Waals surface area contributed by atoms with Gasteiger partial charge < -0.3 is 10.3 Å². The van der Waals surface area contributed by atoms with Crippen LogP contribution in [-0.2, 0) is 0 Å². The average Bonchev–Trinajstić information content (AvgIpc) is 2.63. The second-order valence-electron chi connectivity index (χ2n) is 3.59. The lowest BCUT2D eigenvalue weighted by Crippen LogP contribution is -1.94. The second kappa shape index (κ2) is 3.90. The summed E-state index contributed by atoms with van der Waals surface area (Å²) in [6.45, 7) is 3.75. The van der Waals surface area contributed by atoms with Gasteiger partial charge in [-0.25, -0.2) is 4.39 Å². The summed E-state index contributed by atoms with van der Waals surface area (Å²) in [6, 6.07) is 1.48. The Morgan fingerprint density at radius 2 is 2.12 bits per heavy atom. The SMILES string of the molecule is Cc1cc(F)c(Br)c(-c2cnoc2N)c1C. The lowest BCUT2D eigenvalue weighted by Gasteiger charge is -2.10. The van der Waals surface area contributed by atoms with Crippen LogP contribution in [0.5, 0.6) is 0 Å². The maximum atomic E-state index is 13.6. The van der Waals surface area contributed by atoms with Crippen LogP contribution in [0, 0.1) is 19.7 Å². The Hall–Kier alpha value is -1.36. The first-order chi connectivity index (χ1) is 7.52. The molecule has 0 spiro atoms. The summed E-state index contributed by atoms with van der Waals surface area (Å²) in [7, 11) is 0. The zero-order chi connectivity index (χ0) is 11.9. The van der Waals surface area contributed by atoms with Gasteiger partial charge in [0.05, 0.1) is 16.2 Å². The molecule has 3 nitrogen and oxygen atoms in total. The molecule has 0 saturated carbocycles. The fourth-order valence-electron chi connectivity index (χ4n) is 1.60. The van der Waals surface area contributed by atoms with Gasteiger partial charge in [-0.2, -0.15) is 0 Å². The van der Waals surface area contributed by atoms with Crippen LogP contribution in [0.1, 0.15) is 11.1 Å². The molecule has 0 aliphatic rings. The first-order valence-corrected chi connectivity index (χ1v) is 5.47. The standard InChI is InChI=1S/C11H10BrFN2O/c1-5-3-8(13)10(12)9(6(5)2)7-4-15-16-11(7)14/h3-4H,14H2,1-2H3. The number of benzene rings is 1. The molecule has 0 radical (unpaired) electrons. The van der Waals surface area contributed by atoms with Gasteiger partial charge >= 0.3 is 0 Å². The molecule has 0 saturated heterocycles. The summed E-state index contributed by atoms with van der Waals surface area (Å²) in [5.74, 6) is -0.132. The van der Waals surface area contributed by atoms with Gasteiger partial charge in [0.15, 0.2) is 0 Å². The van der Waals surface area contributed by atoms with Gasteiger partial charge in [0.25, 0.3) is 0 Å². The van der Waals surface area contributed by atoms with Gasteiger partial charge in [0.2, 0.25) is 5.88 Å². The lowest BCUT2D eigenvalue weighted by atomic mass is 9.98. The highest BCUT2D eigenvalue weighted by molar-refractivity contribution is 9.10. The van der Waals surface area contributed by atoms with Gasteiger partial charge in [-0.3, -0.25) is 0 Å². The molecule has 0 aliphatic heterocycles. The fraction of sp³-hybridized carbons (Fsp3) is 0.182. The highest BCUT2D eigenvalue weighted by Gasteiger charge is 2.17. The van der Waals surface area contributed by atoms with Crippen LogP contribution in [0.3, 0.4) is 0 Å². The Labute approximate surface area is 101 Å². The maximum absolute atomic E-state index is 13.6. The number of aromatic nitrogens is 1. The van der Waals surface area contributed by atoms with E-state index in [2.05, 4.69) is 21.1 Å². The van der Waals surface area contributed by atoms with Crippen molar-refractivity contribution in [3.05, 3.63) is 33.7 Å². The fourth-order valence-corrected chi connectivity index (χ4v) is 2.22. The molecular weight excluding hydrogens is 275 g/mol. The number of hydrogen-bond donors (Lipinski definition) is 1. The summed E-state index contributed by atoms with van der Waals surface area (Å²) >= 11 is 3.22. The minimum absolute atomic E-state index is 0.189. The third-order valence-electron chi connectivity index (χ3n) is 2.61. The molecule has 0 aliphatic carbocycles. The zero-order valence-corrected chi connectivity index (χ0v) is 10.4. The van der Waals surface area contributed by atoms with E-state index in [1.807, 2.05) is 13.8 Å². The predicted molar refractivity (Wildman–Crippen MR) is 63.5 cm³/mol. The minimum atomic E-state index is -0.321. The number of halogens is 2. The molecule has 2 aromatic rings. The van der Waals surface area contributed by atoms with Gasteiger partial charge in [0.1, 0.15) is 5.82 Å². The first-order valence-electron chi connectivity index (χ1n) is 4.68. The number of anilines is 1. The molecule has 0 fully saturated rings. The van der Waals surface area contributed by atoms with Crippen molar-refractivity contribution in [1.29, 1.82) is 0 Å². The van der Waals surface area contributed by atoms with Gasteiger partial charge in [-0.1, -0.05) is 5.16 Å². The third-order valence-corrected chi connectivity index (χ3v) is 3.38. The highest BCUT2D eigenvalue weighted by atomic mass is 79.9. The first kappa shape index (κ1) is 11.1. The average molecular weight is 285 g/mol. The molecule has 84 valence electrons.